The zero-order valence-electron chi connectivity index (χ0n) is 10.0. The molecule has 1 aromatic rings. The molecule has 0 aliphatic rings. The topological polar surface area (TPSA) is 55.0 Å². The summed E-state index contributed by atoms with van der Waals surface area (Å²) in [7, 11) is 0. The molecule has 0 radical (unpaired) electrons. The van der Waals surface area contributed by atoms with Crippen molar-refractivity contribution >= 4 is 23.0 Å². The third-order valence-corrected chi connectivity index (χ3v) is 2.72. The Morgan fingerprint density at radius 2 is 2.12 bits per heavy atom. The second-order valence-corrected chi connectivity index (χ2v) is 4.22. The monoisotopic (exact) mass is 238 g/mol. The van der Waals surface area contributed by atoms with Crippen molar-refractivity contribution in [3.05, 3.63) is 17.6 Å². The lowest BCUT2D eigenvalue weighted by Crippen LogP contribution is -2.28. The lowest BCUT2D eigenvalue weighted by atomic mass is 10.3. The third kappa shape index (κ3) is 3.41. The van der Waals surface area contributed by atoms with Crippen LogP contribution in [0.5, 0.6) is 0 Å². The summed E-state index contributed by atoms with van der Waals surface area (Å²) in [5, 5.41) is 0. The van der Waals surface area contributed by atoms with E-state index in [0.717, 1.165) is 30.3 Å². The predicted octanol–water partition coefficient (Wildman–Crippen LogP) is 1.60. The van der Waals surface area contributed by atoms with Gasteiger partial charge in [-0.15, -0.1) is 0 Å². The maximum atomic E-state index is 5.50. The fourth-order valence-corrected chi connectivity index (χ4v) is 1.45. The highest BCUT2D eigenvalue weighted by molar-refractivity contribution is 7.80. The maximum absolute atomic E-state index is 5.50. The van der Waals surface area contributed by atoms with Gasteiger partial charge in [-0.2, -0.15) is 0 Å². The molecule has 0 unspecified atom stereocenters. The first-order valence-corrected chi connectivity index (χ1v) is 5.79. The van der Waals surface area contributed by atoms with Crippen molar-refractivity contribution in [2.45, 2.75) is 27.2 Å². The highest BCUT2D eigenvalue weighted by Crippen LogP contribution is 2.11. The van der Waals surface area contributed by atoms with Crippen LogP contribution >= 0.6 is 12.2 Å². The van der Waals surface area contributed by atoms with Crippen molar-refractivity contribution in [3.63, 3.8) is 0 Å². The normalized spacial score (nSPS) is 10.2. The molecule has 0 saturated carbocycles. The maximum Gasteiger partial charge on any atom is 0.147 e. The number of aryl methyl sites for hydroxylation is 2. The molecular weight excluding hydrogens is 220 g/mol. The molecule has 0 amide bonds. The van der Waals surface area contributed by atoms with Crippen LogP contribution in [0.1, 0.15) is 24.7 Å². The van der Waals surface area contributed by atoms with Gasteiger partial charge in [0.15, 0.2) is 0 Å². The van der Waals surface area contributed by atoms with Crippen LogP contribution in [0.2, 0.25) is 0 Å². The van der Waals surface area contributed by atoms with Crippen LogP contribution in [0, 0.1) is 13.8 Å². The van der Waals surface area contributed by atoms with Gasteiger partial charge in [0.25, 0.3) is 0 Å². The van der Waals surface area contributed by atoms with E-state index in [1.165, 1.54) is 0 Å². The lowest BCUT2D eigenvalue weighted by Gasteiger charge is -2.21. The van der Waals surface area contributed by atoms with Gasteiger partial charge in [-0.25, -0.2) is 4.98 Å². The highest BCUT2D eigenvalue weighted by atomic mass is 32.1. The summed E-state index contributed by atoms with van der Waals surface area (Å²) in [5.41, 5.74) is 7.43. The average Bonchev–Trinajstić information content (AvgIpc) is 2.23. The van der Waals surface area contributed by atoms with Crippen molar-refractivity contribution in [1.82, 2.24) is 9.97 Å². The van der Waals surface area contributed by atoms with Gasteiger partial charge in [0.1, 0.15) is 5.82 Å². The van der Waals surface area contributed by atoms with E-state index in [1.54, 1.807) is 6.20 Å². The largest absolute Gasteiger partial charge is 0.393 e. The van der Waals surface area contributed by atoms with Gasteiger partial charge in [-0.3, -0.25) is 4.98 Å². The van der Waals surface area contributed by atoms with E-state index in [2.05, 4.69) is 21.8 Å². The number of anilines is 1. The molecule has 88 valence electrons. The molecule has 0 aliphatic heterocycles. The molecule has 1 rings (SSSR count). The summed E-state index contributed by atoms with van der Waals surface area (Å²) in [6.07, 6.45) is 2.50. The molecular formula is C11H18N4S. The van der Waals surface area contributed by atoms with Gasteiger partial charge in [-0.1, -0.05) is 12.2 Å². The van der Waals surface area contributed by atoms with E-state index < -0.39 is 0 Å². The quantitative estimate of drug-likeness (QED) is 0.790. The highest BCUT2D eigenvalue weighted by Gasteiger charge is 2.07. The first-order chi connectivity index (χ1) is 7.54. The Labute approximate surface area is 102 Å². The van der Waals surface area contributed by atoms with Gasteiger partial charge in [0.05, 0.1) is 22.6 Å². The van der Waals surface area contributed by atoms with E-state index in [0.29, 0.717) is 11.4 Å². The van der Waals surface area contributed by atoms with Crippen molar-refractivity contribution in [3.8, 4) is 0 Å². The summed E-state index contributed by atoms with van der Waals surface area (Å²) in [6.45, 7) is 7.67. The number of thiocarbonyl (C=S) groups is 1. The Morgan fingerprint density at radius 1 is 1.44 bits per heavy atom. The van der Waals surface area contributed by atoms with Crippen LogP contribution in [-0.4, -0.2) is 28.0 Å². The van der Waals surface area contributed by atoms with Gasteiger partial charge in [-0.05, 0) is 20.8 Å². The number of rotatable bonds is 5. The van der Waals surface area contributed by atoms with Crippen LogP contribution in [-0.2, 0) is 0 Å². The van der Waals surface area contributed by atoms with Crippen LogP contribution in [0.3, 0.4) is 0 Å². The van der Waals surface area contributed by atoms with E-state index in [1.807, 2.05) is 13.8 Å². The van der Waals surface area contributed by atoms with Crippen molar-refractivity contribution in [2.24, 2.45) is 5.73 Å². The SMILES string of the molecule is CCN(CCC(N)=S)c1cnc(C)c(C)n1. The second-order valence-electron chi connectivity index (χ2n) is 3.70. The summed E-state index contributed by atoms with van der Waals surface area (Å²) in [4.78, 5) is 11.5. The Kier molecular flexibility index (Phi) is 4.61. The first kappa shape index (κ1) is 12.8. The first-order valence-electron chi connectivity index (χ1n) is 5.38. The molecule has 0 fully saturated rings. The van der Waals surface area contributed by atoms with Crippen molar-refractivity contribution < 1.29 is 0 Å². The minimum atomic E-state index is 0.537. The zero-order chi connectivity index (χ0) is 12.1. The van der Waals surface area contributed by atoms with E-state index >= 15 is 0 Å². The zero-order valence-corrected chi connectivity index (χ0v) is 10.8. The Hall–Kier alpha value is -1.23. The van der Waals surface area contributed by atoms with Crippen LogP contribution in [0.25, 0.3) is 0 Å². The number of nitrogens with zero attached hydrogens (tertiary/aromatic N) is 3. The molecule has 4 nitrogen and oxygen atoms in total. The number of hydrogen-bond donors (Lipinski definition) is 1. The molecule has 16 heavy (non-hydrogen) atoms. The van der Waals surface area contributed by atoms with Gasteiger partial charge in [0.2, 0.25) is 0 Å². The van der Waals surface area contributed by atoms with E-state index in [4.69, 9.17) is 18.0 Å². The summed E-state index contributed by atoms with van der Waals surface area (Å²) in [6, 6.07) is 0. The Balaban J connectivity index is 2.78. The van der Waals surface area contributed by atoms with E-state index in [-0.39, 0.29) is 0 Å². The summed E-state index contributed by atoms with van der Waals surface area (Å²) < 4.78 is 0. The summed E-state index contributed by atoms with van der Waals surface area (Å²) in [5.74, 6) is 0.891. The fraction of sp³-hybridized carbons (Fsp3) is 0.545. The van der Waals surface area contributed by atoms with E-state index in [9.17, 15) is 0 Å². The van der Waals surface area contributed by atoms with Crippen LogP contribution in [0.4, 0.5) is 5.82 Å². The molecule has 0 saturated heterocycles. The third-order valence-electron chi connectivity index (χ3n) is 2.51. The minimum absolute atomic E-state index is 0.537. The average molecular weight is 238 g/mol. The van der Waals surface area contributed by atoms with Gasteiger partial charge < -0.3 is 10.6 Å². The molecule has 0 bridgehead atoms. The molecule has 0 spiro atoms. The number of aromatic nitrogens is 2. The van der Waals surface area contributed by atoms with Crippen molar-refractivity contribution in [2.75, 3.05) is 18.0 Å². The molecule has 0 aromatic carbocycles. The van der Waals surface area contributed by atoms with Gasteiger partial charge >= 0.3 is 0 Å². The van der Waals surface area contributed by atoms with Crippen LogP contribution < -0.4 is 10.6 Å². The molecule has 5 heteroatoms. The number of nitrogens with two attached hydrogens (primary N) is 1. The standard InChI is InChI=1S/C11H18N4S/c1-4-15(6-5-10(12)16)11-7-13-8(2)9(3)14-11/h7H,4-6H2,1-3H3,(H2,12,16). The lowest BCUT2D eigenvalue weighted by molar-refractivity contribution is 0.808. The summed E-state index contributed by atoms with van der Waals surface area (Å²) >= 11 is 4.87. The molecule has 0 atom stereocenters. The predicted molar refractivity (Wildman–Crippen MR) is 70.8 cm³/mol. The van der Waals surface area contributed by atoms with Gasteiger partial charge in [0, 0.05) is 19.5 Å². The molecule has 2 N–H and O–H groups in total. The Morgan fingerprint density at radius 3 is 2.62 bits per heavy atom. The molecule has 1 heterocycles. The Bertz CT molecular complexity index is 378. The van der Waals surface area contributed by atoms with Crippen LogP contribution in [0.15, 0.2) is 6.20 Å². The smallest absolute Gasteiger partial charge is 0.147 e. The second kappa shape index (κ2) is 5.75. The van der Waals surface area contributed by atoms with Crippen molar-refractivity contribution in [1.29, 1.82) is 0 Å². The molecule has 0 aliphatic carbocycles. The fourth-order valence-electron chi connectivity index (χ4n) is 1.36. The minimum Gasteiger partial charge on any atom is -0.393 e. The number of hydrogen-bond acceptors (Lipinski definition) is 4. The molecule has 1 aromatic heterocycles.